The van der Waals surface area contributed by atoms with Crippen molar-refractivity contribution in [3.05, 3.63) is 69.8 Å². The lowest BCUT2D eigenvalue weighted by Crippen LogP contribution is -2.21. The highest BCUT2D eigenvalue weighted by Gasteiger charge is 2.30. The van der Waals surface area contributed by atoms with Gasteiger partial charge in [-0.05, 0) is 18.2 Å². The highest BCUT2D eigenvalue weighted by molar-refractivity contribution is 7.90. The van der Waals surface area contributed by atoms with Crippen molar-refractivity contribution in [3.8, 4) is 0 Å². The molecule has 3 rings (SSSR count). The second kappa shape index (κ2) is 5.85. The zero-order chi connectivity index (χ0) is 17.3. The molecule has 0 amide bonds. The third kappa shape index (κ3) is 2.76. The first-order chi connectivity index (χ1) is 11.4. The zero-order valence-corrected chi connectivity index (χ0v) is 13.3. The lowest BCUT2D eigenvalue weighted by Gasteiger charge is -2.12. The van der Waals surface area contributed by atoms with Gasteiger partial charge in [0.2, 0.25) is 0 Å². The van der Waals surface area contributed by atoms with Crippen molar-refractivity contribution in [2.75, 3.05) is 7.05 Å². The van der Waals surface area contributed by atoms with Gasteiger partial charge in [-0.3, -0.25) is 10.1 Å². The van der Waals surface area contributed by atoms with Gasteiger partial charge >= 0.3 is 0 Å². The minimum atomic E-state index is -3.74. The number of amidine groups is 1. The summed E-state index contributed by atoms with van der Waals surface area (Å²) >= 11 is 0. The molecular weight excluding hydrogens is 332 g/mol. The second-order valence-corrected chi connectivity index (χ2v) is 6.54. The van der Waals surface area contributed by atoms with Gasteiger partial charge in [-0.1, -0.05) is 24.3 Å². The molecule has 0 aliphatic carbocycles. The SMILES string of the molecule is CN(N=Cc1ccccc1[N+](=O)[O-])C1=NS(=O)(=O)c2ccccc21. The predicted octanol–water partition coefficient (Wildman–Crippen LogP) is 2.01. The molecule has 0 saturated heterocycles. The Labute approximate surface area is 138 Å². The highest BCUT2D eigenvalue weighted by Crippen LogP contribution is 2.27. The molecule has 0 fully saturated rings. The summed E-state index contributed by atoms with van der Waals surface area (Å²) in [5, 5.41) is 16.4. The summed E-state index contributed by atoms with van der Waals surface area (Å²) in [5.41, 5.74) is 0.667. The Kier molecular flexibility index (Phi) is 3.86. The molecule has 1 aliphatic heterocycles. The Balaban J connectivity index is 1.95. The van der Waals surface area contributed by atoms with Gasteiger partial charge < -0.3 is 0 Å². The minimum absolute atomic E-state index is 0.0870. The molecule has 0 radical (unpaired) electrons. The Morgan fingerprint density at radius 2 is 1.83 bits per heavy atom. The van der Waals surface area contributed by atoms with Crippen molar-refractivity contribution in [2.45, 2.75) is 4.90 Å². The van der Waals surface area contributed by atoms with Crippen molar-refractivity contribution >= 4 is 27.8 Å². The Hall–Kier alpha value is -3.07. The van der Waals surface area contributed by atoms with Crippen LogP contribution in [0.2, 0.25) is 0 Å². The van der Waals surface area contributed by atoms with E-state index in [9.17, 15) is 18.5 Å². The van der Waals surface area contributed by atoms with Crippen LogP contribution in [0.3, 0.4) is 0 Å². The lowest BCUT2D eigenvalue weighted by molar-refractivity contribution is -0.385. The van der Waals surface area contributed by atoms with E-state index in [0.717, 1.165) is 0 Å². The largest absolute Gasteiger partial charge is 0.285 e. The average Bonchev–Trinajstić information content (AvgIpc) is 2.85. The van der Waals surface area contributed by atoms with E-state index in [2.05, 4.69) is 9.50 Å². The third-order valence-electron chi connectivity index (χ3n) is 3.42. The van der Waals surface area contributed by atoms with Gasteiger partial charge in [0.25, 0.3) is 15.7 Å². The third-order valence-corrected chi connectivity index (χ3v) is 4.75. The van der Waals surface area contributed by atoms with Crippen LogP contribution in [-0.4, -0.2) is 37.4 Å². The number of nitro benzene ring substituents is 1. The molecule has 1 aliphatic rings. The van der Waals surface area contributed by atoms with Gasteiger partial charge in [0, 0.05) is 18.7 Å². The maximum Gasteiger partial charge on any atom is 0.285 e. The van der Waals surface area contributed by atoms with Crippen LogP contribution in [0.1, 0.15) is 11.1 Å². The molecule has 2 aromatic rings. The first-order valence-electron chi connectivity index (χ1n) is 6.85. The number of hydrogen-bond donors (Lipinski definition) is 0. The van der Waals surface area contributed by atoms with Crippen LogP contribution < -0.4 is 0 Å². The number of fused-ring (bicyclic) bond motifs is 1. The van der Waals surface area contributed by atoms with Gasteiger partial charge in [0.05, 0.1) is 16.7 Å². The van der Waals surface area contributed by atoms with Crippen LogP contribution in [0.4, 0.5) is 5.69 Å². The lowest BCUT2D eigenvalue weighted by atomic mass is 10.2. The van der Waals surface area contributed by atoms with Crippen molar-refractivity contribution in [3.63, 3.8) is 0 Å². The molecule has 0 aromatic heterocycles. The normalized spacial score (nSPS) is 15.1. The van der Waals surface area contributed by atoms with Crippen molar-refractivity contribution in [1.82, 2.24) is 5.01 Å². The van der Waals surface area contributed by atoms with Crippen LogP contribution in [-0.2, 0) is 10.0 Å². The summed E-state index contributed by atoms with van der Waals surface area (Å²) in [4.78, 5) is 10.6. The van der Waals surface area contributed by atoms with E-state index < -0.39 is 14.9 Å². The number of hydrogen-bond acceptors (Lipinski definition) is 6. The number of rotatable bonds is 3. The summed E-state index contributed by atoms with van der Waals surface area (Å²) in [6, 6.07) is 12.6. The van der Waals surface area contributed by atoms with Crippen LogP contribution in [0.5, 0.6) is 0 Å². The van der Waals surface area contributed by atoms with Crippen molar-refractivity contribution < 1.29 is 13.3 Å². The molecule has 0 N–H and O–H groups in total. The fourth-order valence-electron chi connectivity index (χ4n) is 2.29. The Bertz CT molecular complexity index is 982. The molecular formula is C15H12N4O4S. The van der Waals surface area contributed by atoms with E-state index in [1.54, 1.807) is 36.4 Å². The van der Waals surface area contributed by atoms with E-state index in [4.69, 9.17) is 0 Å². The fraction of sp³-hybridized carbons (Fsp3) is 0.0667. The number of benzene rings is 2. The predicted molar refractivity (Wildman–Crippen MR) is 88.6 cm³/mol. The zero-order valence-electron chi connectivity index (χ0n) is 12.5. The maximum atomic E-state index is 12.0. The quantitative estimate of drug-likeness (QED) is 0.481. The molecule has 0 unspecified atom stereocenters. The Morgan fingerprint density at radius 3 is 2.58 bits per heavy atom. The number of sulfonamides is 1. The molecule has 0 spiro atoms. The van der Waals surface area contributed by atoms with E-state index in [1.165, 1.54) is 30.4 Å². The molecule has 0 saturated carbocycles. The second-order valence-electron chi connectivity index (χ2n) is 4.97. The molecule has 0 bridgehead atoms. The van der Waals surface area contributed by atoms with Crippen molar-refractivity contribution in [2.24, 2.45) is 9.50 Å². The molecule has 122 valence electrons. The number of hydrazone groups is 1. The summed E-state index contributed by atoms with van der Waals surface area (Å²) in [6.45, 7) is 0. The molecule has 1 heterocycles. The standard InChI is InChI=1S/C15H12N4O4S/c1-18(16-10-11-6-2-4-8-13(11)19(20)21)15-12-7-3-5-9-14(12)24(22,23)17-15/h2-10H,1H3. The summed E-state index contributed by atoms with van der Waals surface area (Å²) in [7, 11) is -2.21. The van der Waals surface area contributed by atoms with Gasteiger partial charge in [0.1, 0.15) is 4.90 Å². The van der Waals surface area contributed by atoms with Crippen LogP contribution in [0.25, 0.3) is 0 Å². The van der Waals surface area contributed by atoms with Gasteiger partial charge in [-0.15, -0.1) is 4.40 Å². The van der Waals surface area contributed by atoms with Gasteiger partial charge in [0.15, 0.2) is 5.84 Å². The topological polar surface area (TPSA) is 105 Å². The van der Waals surface area contributed by atoms with E-state index >= 15 is 0 Å². The number of nitro groups is 1. The molecule has 2 aromatic carbocycles. The summed E-state index contributed by atoms with van der Waals surface area (Å²) < 4.78 is 27.8. The highest BCUT2D eigenvalue weighted by atomic mass is 32.2. The van der Waals surface area contributed by atoms with E-state index in [1.807, 2.05) is 0 Å². The van der Waals surface area contributed by atoms with Crippen molar-refractivity contribution in [1.29, 1.82) is 0 Å². The fourth-order valence-corrected chi connectivity index (χ4v) is 3.52. The van der Waals surface area contributed by atoms with Crippen LogP contribution in [0, 0.1) is 10.1 Å². The first kappa shape index (κ1) is 15.8. The maximum absolute atomic E-state index is 12.0. The minimum Gasteiger partial charge on any atom is -0.258 e. The summed E-state index contributed by atoms with van der Waals surface area (Å²) in [6.07, 6.45) is 1.30. The van der Waals surface area contributed by atoms with Gasteiger partial charge in [-0.2, -0.15) is 13.5 Å². The first-order valence-corrected chi connectivity index (χ1v) is 8.29. The molecule has 9 heteroatoms. The van der Waals surface area contributed by atoms with E-state index in [-0.39, 0.29) is 16.4 Å². The molecule has 0 atom stereocenters. The smallest absolute Gasteiger partial charge is 0.258 e. The molecule has 8 nitrogen and oxygen atoms in total. The van der Waals surface area contributed by atoms with Crippen LogP contribution >= 0.6 is 0 Å². The number of nitrogens with zero attached hydrogens (tertiary/aromatic N) is 4. The Morgan fingerprint density at radius 1 is 1.17 bits per heavy atom. The summed E-state index contributed by atoms with van der Waals surface area (Å²) in [5.74, 6) is 0.167. The van der Waals surface area contributed by atoms with Crippen LogP contribution in [0.15, 0.2) is 62.9 Å². The van der Waals surface area contributed by atoms with E-state index in [0.29, 0.717) is 11.1 Å². The molecule has 24 heavy (non-hydrogen) atoms. The van der Waals surface area contributed by atoms with Gasteiger partial charge in [-0.25, -0.2) is 5.01 Å². The number of para-hydroxylation sites is 1. The average molecular weight is 344 g/mol. The monoisotopic (exact) mass is 344 g/mol.